The normalized spacial score (nSPS) is 18.6. The Kier molecular flexibility index (Phi) is 10.8. The van der Waals surface area contributed by atoms with Gasteiger partial charge in [0, 0.05) is 67.4 Å². The molecule has 11 heteroatoms. The summed E-state index contributed by atoms with van der Waals surface area (Å²) in [5.74, 6) is 0.491. The van der Waals surface area contributed by atoms with Crippen LogP contribution in [0.4, 0.5) is 21.9 Å². The van der Waals surface area contributed by atoms with E-state index in [0.717, 1.165) is 57.8 Å². The lowest BCUT2D eigenvalue weighted by Crippen LogP contribution is -2.43. The highest BCUT2D eigenvalue weighted by molar-refractivity contribution is 6.01. The fraction of sp³-hybridized carbons (Fsp3) is 0.394. The lowest BCUT2D eigenvalue weighted by Gasteiger charge is -2.34. The van der Waals surface area contributed by atoms with Crippen molar-refractivity contribution in [2.45, 2.75) is 31.7 Å². The molecule has 2 aliphatic rings. The number of carbonyl (C=O) groups is 2. The SMILES string of the molecule is O=C(NC1CCCC(CN(C(=O)Nc2ccccc2)c2cccc(OCCN3CCOCC3)c2)C1)c1cccc([N+](=O)[O-])c1. The maximum absolute atomic E-state index is 13.7. The third kappa shape index (κ3) is 8.77. The lowest BCUT2D eigenvalue weighted by molar-refractivity contribution is -0.384. The Morgan fingerprint density at radius 1 is 1.00 bits per heavy atom. The number of nitrogens with zero attached hydrogens (tertiary/aromatic N) is 3. The van der Waals surface area contributed by atoms with Crippen LogP contribution in [0.5, 0.6) is 5.75 Å². The second kappa shape index (κ2) is 15.3. The molecule has 3 amide bonds. The van der Waals surface area contributed by atoms with Crippen LogP contribution in [0.2, 0.25) is 0 Å². The summed E-state index contributed by atoms with van der Waals surface area (Å²) in [5.41, 5.74) is 1.57. The predicted molar refractivity (Wildman–Crippen MR) is 168 cm³/mol. The predicted octanol–water partition coefficient (Wildman–Crippen LogP) is 5.33. The molecule has 44 heavy (non-hydrogen) atoms. The van der Waals surface area contributed by atoms with Crippen molar-refractivity contribution in [3.05, 3.63) is 94.5 Å². The van der Waals surface area contributed by atoms with E-state index in [1.807, 2.05) is 54.6 Å². The van der Waals surface area contributed by atoms with Gasteiger partial charge in [0.1, 0.15) is 12.4 Å². The summed E-state index contributed by atoms with van der Waals surface area (Å²) in [6.45, 7) is 5.06. The van der Waals surface area contributed by atoms with Gasteiger partial charge in [-0.2, -0.15) is 0 Å². The Labute approximate surface area is 257 Å². The number of carbonyl (C=O) groups excluding carboxylic acids is 2. The molecule has 0 aromatic heterocycles. The molecule has 2 N–H and O–H groups in total. The molecule has 2 atom stereocenters. The van der Waals surface area contributed by atoms with Crippen molar-refractivity contribution >= 4 is 29.0 Å². The van der Waals surface area contributed by atoms with Gasteiger partial charge in [0.15, 0.2) is 0 Å². The number of amides is 3. The average Bonchev–Trinajstić information content (AvgIpc) is 3.05. The monoisotopic (exact) mass is 601 g/mol. The summed E-state index contributed by atoms with van der Waals surface area (Å²) < 4.78 is 11.5. The van der Waals surface area contributed by atoms with Crippen LogP contribution in [0.25, 0.3) is 0 Å². The summed E-state index contributed by atoms with van der Waals surface area (Å²) in [7, 11) is 0. The van der Waals surface area contributed by atoms with Crippen molar-refractivity contribution in [3.63, 3.8) is 0 Å². The molecular formula is C33H39N5O6. The molecule has 2 fully saturated rings. The topological polar surface area (TPSA) is 126 Å². The van der Waals surface area contributed by atoms with Gasteiger partial charge in [-0.1, -0.05) is 36.8 Å². The standard InChI is InChI=1S/C33H39N5O6/c39-32(26-8-5-13-30(22-26)38(41)42)34-28-11-4-7-25(21-28)24-37(33(40)35-27-9-2-1-3-10-27)29-12-6-14-31(23-29)44-20-17-36-15-18-43-19-16-36/h1-3,5-6,8-10,12-14,22-23,25,28H,4,7,11,15-21,24H2,(H,34,39)(H,35,40). The van der Waals surface area contributed by atoms with E-state index in [0.29, 0.717) is 31.0 Å². The van der Waals surface area contributed by atoms with Gasteiger partial charge in [0.05, 0.1) is 18.1 Å². The van der Waals surface area contributed by atoms with E-state index in [-0.39, 0.29) is 35.1 Å². The zero-order chi connectivity index (χ0) is 30.7. The summed E-state index contributed by atoms with van der Waals surface area (Å²) >= 11 is 0. The Balaban J connectivity index is 1.26. The van der Waals surface area contributed by atoms with Crippen LogP contribution in [0.3, 0.4) is 0 Å². The van der Waals surface area contributed by atoms with Crippen molar-refractivity contribution in [3.8, 4) is 5.75 Å². The number of nitrogens with one attached hydrogen (secondary N) is 2. The Bertz CT molecular complexity index is 1410. The van der Waals surface area contributed by atoms with Crippen molar-refractivity contribution in [2.24, 2.45) is 5.92 Å². The number of anilines is 2. The first-order valence-electron chi connectivity index (χ1n) is 15.2. The van der Waals surface area contributed by atoms with E-state index in [1.54, 1.807) is 11.0 Å². The van der Waals surface area contributed by atoms with Crippen molar-refractivity contribution < 1.29 is 24.0 Å². The molecule has 3 aromatic carbocycles. The number of morpholine rings is 1. The van der Waals surface area contributed by atoms with Crippen molar-refractivity contribution in [1.29, 1.82) is 0 Å². The maximum Gasteiger partial charge on any atom is 0.326 e. The number of hydrogen-bond donors (Lipinski definition) is 2. The Hall–Kier alpha value is -4.48. The van der Waals surface area contributed by atoms with Crippen molar-refractivity contribution in [1.82, 2.24) is 10.2 Å². The van der Waals surface area contributed by atoms with Gasteiger partial charge in [0.2, 0.25) is 0 Å². The molecule has 0 bridgehead atoms. The number of para-hydroxylation sites is 1. The molecule has 5 rings (SSSR count). The highest BCUT2D eigenvalue weighted by Crippen LogP contribution is 2.29. The van der Waals surface area contributed by atoms with Crippen molar-refractivity contribution in [2.75, 3.05) is 56.2 Å². The van der Waals surface area contributed by atoms with E-state index in [9.17, 15) is 19.7 Å². The minimum Gasteiger partial charge on any atom is -0.492 e. The number of ether oxygens (including phenoxy) is 2. The van der Waals surface area contributed by atoms with Crippen LogP contribution in [0.15, 0.2) is 78.9 Å². The minimum absolute atomic E-state index is 0.102. The fourth-order valence-electron chi connectivity index (χ4n) is 5.75. The van der Waals surface area contributed by atoms with Gasteiger partial charge in [-0.25, -0.2) is 4.79 Å². The van der Waals surface area contributed by atoms with Gasteiger partial charge < -0.3 is 20.1 Å². The summed E-state index contributed by atoms with van der Waals surface area (Å²) in [4.78, 5) is 41.3. The van der Waals surface area contributed by atoms with E-state index >= 15 is 0 Å². The van der Waals surface area contributed by atoms with Crippen LogP contribution in [0.1, 0.15) is 36.0 Å². The number of nitro benzene ring substituents is 1. The highest BCUT2D eigenvalue weighted by Gasteiger charge is 2.28. The Morgan fingerprint density at radius 2 is 1.80 bits per heavy atom. The molecular weight excluding hydrogens is 562 g/mol. The van der Waals surface area contributed by atoms with Crippen LogP contribution < -0.4 is 20.3 Å². The summed E-state index contributed by atoms with van der Waals surface area (Å²) in [6, 6.07) is 22.3. The average molecular weight is 602 g/mol. The van der Waals surface area contributed by atoms with E-state index in [2.05, 4.69) is 15.5 Å². The first kappa shape index (κ1) is 31.0. The highest BCUT2D eigenvalue weighted by atomic mass is 16.6. The molecule has 1 heterocycles. The number of nitro groups is 1. The fourth-order valence-corrected chi connectivity index (χ4v) is 5.75. The molecule has 0 radical (unpaired) electrons. The number of rotatable bonds is 11. The molecule has 2 unspecified atom stereocenters. The van der Waals surface area contributed by atoms with Crippen LogP contribution in [-0.4, -0.2) is 73.8 Å². The van der Waals surface area contributed by atoms with Gasteiger partial charge in [0.25, 0.3) is 11.6 Å². The molecule has 0 spiro atoms. The molecule has 1 saturated carbocycles. The molecule has 232 valence electrons. The van der Waals surface area contributed by atoms with Crippen LogP contribution in [0, 0.1) is 16.0 Å². The van der Waals surface area contributed by atoms with Gasteiger partial charge in [-0.3, -0.25) is 24.7 Å². The third-order valence-corrected chi connectivity index (χ3v) is 8.06. The summed E-state index contributed by atoms with van der Waals surface area (Å²) in [5, 5.41) is 17.2. The largest absolute Gasteiger partial charge is 0.492 e. The number of benzene rings is 3. The maximum atomic E-state index is 13.7. The smallest absolute Gasteiger partial charge is 0.326 e. The molecule has 1 aliphatic heterocycles. The zero-order valence-corrected chi connectivity index (χ0v) is 24.7. The number of non-ortho nitro benzene ring substituents is 1. The van der Waals surface area contributed by atoms with E-state index in [1.165, 1.54) is 18.2 Å². The van der Waals surface area contributed by atoms with Gasteiger partial charge in [-0.05, 0) is 55.5 Å². The van der Waals surface area contributed by atoms with Crippen LogP contribution in [-0.2, 0) is 4.74 Å². The summed E-state index contributed by atoms with van der Waals surface area (Å²) in [6.07, 6.45) is 3.29. The quantitative estimate of drug-likeness (QED) is 0.225. The molecule has 3 aromatic rings. The molecule has 11 nitrogen and oxygen atoms in total. The number of hydrogen-bond acceptors (Lipinski definition) is 7. The number of urea groups is 1. The molecule has 1 aliphatic carbocycles. The minimum atomic E-state index is -0.507. The van der Waals surface area contributed by atoms with Gasteiger partial charge >= 0.3 is 6.03 Å². The van der Waals surface area contributed by atoms with Gasteiger partial charge in [-0.15, -0.1) is 0 Å². The second-order valence-electron chi connectivity index (χ2n) is 11.2. The lowest BCUT2D eigenvalue weighted by atomic mass is 9.85. The van der Waals surface area contributed by atoms with E-state index in [4.69, 9.17) is 9.47 Å². The zero-order valence-electron chi connectivity index (χ0n) is 24.7. The van der Waals surface area contributed by atoms with Crippen LogP contribution >= 0.6 is 0 Å². The first-order valence-corrected chi connectivity index (χ1v) is 15.2. The third-order valence-electron chi connectivity index (χ3n) is 8.06. The Morgan fingerprint density at radius 3 is 2.59 bits per heavy atom. The second-order valence-corrected chi connectivity index (χ2v) is 11.2. The molecule has 1 saturated heterocycles. The van der Waals surface area contributed by atoms with E-state index < -0.39 is 4.92 Å². The first-order chi connectivity index (χ1) is 21.4.